The normalized spacial score (nSPS) is 19.9. The fourth-order valence-corrected chi connectivity index (χ4v) is 6.16. The first kappa shape index (κ1) is 28.8. The first-order valence-corrected chi connectivity index (χ1v) is 13.9. The second-order valence-corrected chi connectivity index (χ2v) is 12.1. The van der Waals surface area contributed by atoms with E-state index in [1.807, 2.05) is 19.1 Å². The highest BCUT2D eigenvalue weighted by atomic mass is 32.2. The van der Waals surface area contributed by atoms with Gasteiger partial charge < -0.3 is 14.9 Å². The molecule has 2 rings (SSSR count). The molecular formula is C29H46O4S. The number of carbonyl (C=O) groups excluding carboxylic acids is 1. The molecule has 1 aromatic rings. The van der Waals surface area contributed by atoms with Crippen molar-refractivity contribution in [2.24, 2.45) is 5.92 Å². The predicted octanol–water partition coefficient (Wildman–Crippen LogP) is 8.13. The summed E-state index contributed by atoms with van der Waals surface area (Å²) < 4.78 is 6.23. The highest BCUT2D eigenvalue weighted by Gasteiger charge is 2.45. The van der Waals surface area contributed by atoms with Gasteiger partial charge in [-0.05, 0) is 60.3 Å². The van der Waals surface area contributed by atoms with E-state index in [0.717, 1.165) is 53.7 Å². The van der Waals surface area contributed by atoms with Gasteiger partial charge in [-0.15, -0.1) is 0 Å². The van der Waals surface area contributed by atoms with Crippen LogP contribution >= 0.6 is 11.8 Å². The van der Waals surface area contributed by atoms with Crippen LogP contribution in [0.1, 0.15) is 116 Å². The van der Waals surface area contributed by atoms with E-state index in [4.69, 9.17) is 4.74 Å². The maximum Gasteiger partial charge on any atom is 0.349 e. The maximum atomic E-state index is 13.3. The molecule has 0 saturated heterocycles. The molecule has 0 bridgehead atoms. The van der Waals surface area contributed by atoms with Gasteiger partial charge in [0.05, 0.1) is 6.61 Å². The van der Waals surface area contributed by atoms with Gasteiger partial charge in [0, 0.05) is 11.3 Å². The molecule has 0 radical (unpaired) electrons. The number of unbranched alkanes of at least 4 members (excludes halogenated alkanes) is 4. The number of aliphatic hydroxyl groups is 2. The van der Waals surface area contributed by atoms with Gasteiger partial charge in [-0.25, -0.2) is 4.79 Å². The molecule has 2 atom stereocenters. The minimum Gasteiger partial charge on any atom is -0.511 e. The van der Waals surface area contributed by atoms with Crippen molar-refractivity contribution in [2.75, 3.05) is 0 Å². The summed E-state index contributed by atoms with van der Waals surface area (Å²) in [6.45, 7) is 14.8. The molecule has 2 unspecified atom stereocenters. The van der Waals surface area contributed by atoms with Crippen molar-refractivity contribution in [3.63, 3.8) is 0 Å². The second kappa shape index (κ2) is 12.5. The summed E-state index contributed by atoms with van der Waals surface area (Å²) in [4.78, 5) is 14.6. The van der Waals surface area contributed by atoms with E-state index in [2.05, 4.69) is 41.5 Å². The lowest BCUT2D eigenvalue weighted by molar-refractivity contribution is -0.166. The van der Waals surface area contributed by atoms with Gasteiger partial charge in [0.15, 0.2) is 0 Å². The largest absolute Gasteiger partial charge is 0.511 e. The number of esters is 1. The zero-order valence-corrected chi connectivity index (χ0v) is 23.2. The quantitative estimate of drug-likeness (QED) is 0.229. The Balaban J connectivity index is 2.37. The van der Waals surface area contributed by atoms with Crippen LogP contribution in [0.15, 0.2) is 27.7 Å². The lowest BCUT2D eigenvalue weighted by atomic mass is 9.77. The minimum atomic E-state index is -0.628. The van der Waals surface area contributed by atoms with Crippen molar-refractivity contribution >= 4 is 17.7 Å². The summed E-state index contributed by atoms with van der Waals surface area (Å²) in [7, 11) is 0. The molecule has 1 aliphatic rings. The van der Waals surface area contributed by atoms with E-state index in [1.54, 1.807) is 0 Å². The van der Waals surface area contributed by atoms with Gasteiger partial charge in [-0.1, -0.05) is 91.5 Å². The van der Waals surface area contributed by atoms with Crippen LogP contribution in [0.25, 0.3) is 0 Å². The molecule has 0 saturated carbocycles. The van der Waals surface area contributed by atoms with Crippen LogP contribution in [0.4, 0.5) is 0 Å². The van der Waals surface area contributed by atoms with E-state index in [-0.39, 0.29) is 23.7 Å². The molecule has 4 nitrogen and oxygen atoms in total. The van der Waals surface area contributed by atoms with Crippen molar-refractivity contribution in [1.29, 1.82) is 0 Å². The fraction of sp³-hybridized carbons (Fsp3) is 0.690. The highest BCUT2D eigenvalue weighted by molar-refractivity contribution is 8.04. The summed E-state index contributed by atoms with van der Waals surface area (Å²) in [6.07, 6.45) is 8.93. The molecule has 0 amide bonds. The highest BCUT2D eigenvalue weighted by Crippen LogP contribution is 2.46. The number of benzene rings is 1. The molecule has 192 valence electrons. The number of ether oxygens (including phenoxy) is 1. The van der Waals surface area contributed by atoms with Crippen LogP contribution in [0.2, 0.25) is 0 Å². The number of aliphatic hydroxyl groups excluding tert-OH is 2. The standard InChI is InChI=1S/C29H46O4S/c1-8-10-11-12-13-15-29(21(4)14-9-2)18-24(31)26(27(32)33-29)34-25-16-20(3)22(19-30)17-23(25)28(5,6)7/h16-17,21,30-31H,8-15,18-19H2,1-7H3. The average Bonchev–Trinajstić information content (AvgIpc) is 2.75. The van der Waals surface area contributed by atoms with Crippen LogP contribution in [-0.4, -0.2) is 21.8 Å². The summed E-state index contributed by atoms with van der Waals surface area (Å²) in [5.41, 5.74) is 2.10. The number of cyclic esters (lactones) is 1. The molecule has 0 aromatic heterocycles. The van der Waals surface area contributed by atoms with E-state index in [9.17, 15) is 15.0 Å². The van der Waals surface area contributed by atoms with E-state index < -0.39 is 11.6 Å². The fourth-order valence-electron chi connectivity index (χ4n) is 4.91. The molecule has 1 aliphatic heterocycles. The Morgan fingerprint density at radius 2 is 1.79 bits per heavy atom. The van der Waals surface area contributed by atoms with Gasteiger partial charge in [0.2, 0.25) is 0 Å². The van der Waals surface area contributed by atoms with Gasteiger partial charge >= 0.3 is 5.97 Å². The molecule has 2 N–H and O–H groups in total. The number of thioether (sulfide) groups is 1. The van der Waals surface area contributed by atoms with Crippen LogP contribution in [0.5, 0.6) is 0 Å². The Kier molecular flexibility index (Phi) is 10.6. The lowest BCUT2D eigenvalue weighted by Gasteiger charge is -2.42. The maximum absolute atomic E-state index is 13.3. The van der Waals surface area contributed by atoms with E-state index >= 15 is 0 Å². The monoisotopic (exact) mass is 490 g/mol. The van der Waals surface area contributed by atoms with Crippen LogP contribution < -0.4 is 0 Å². The molecular weight excluding hydrogens is 444 g/mol. The predicted molar refractivity (Wildman–Crippen MR) is 142 cm³/mol. The van der Waals surface area contributed by atoms with Crippen molar-refractivity contribution in [3.8, 4) is 0 Å². The van der Waals surface area contributed by atoms with Crippen molar-refractivity contribution < 1.29 is 19.7 Å². The molecule has 0 spiro atoms. The molecule has 1 heterocycles. The molecule has 34 heavy (non-hydrogen) atoms. The minimum absolute atomic E-state index is 0.0219. The average molecular weight is 491 g/mol. The zero-order valence-electron chi connectivity index (χ0n) is 22.4. The first-order valence-electron chi connectivity index (χ1n) is 13.1. The Morgan fingerprint density at radius 3 is 2.35 bits per heavy atom. The SMILES string of the molecule is CCCCCCCC1(C(C)CCC)CC(O)=C(Sc2cc(C)c(CO)cc2C(C)(C)C)C(=O)O1. The summed E-state index contributed by atoms with van der Waals surface area (Å²) in [6, 6.07) is 4.03. The van der Waals surface area contributed by atoms with Crippen molar-refractivity contribution in [2.45, 2.75) is 129 Å². The van der Waals surface area contributed by atoms with Crippen LogP contribution in [-0.2, 0) is 21.6 Å². The zero-order chi connectivity index (χ0) is 25.5. The van der Waals surface area contributed by atoms with Crippen molar-refractivity contribution in [1.82, 2.24) is 0 Å². The van der Waals surface area contributed by atoms with Gasteiger partial charge in [0.25, 0.3) is 0 Å². The van der Waals surface area contributed by atoms with E-state index in [0.29, 0.717) is 11.3 Å². The number of aryl methyl sites for hydroxylation is 1. The van der Waals surface area contributed by atoms with Gasteiger partial charge in [-0.3, -0.25) is 0 Å². The third-order valence-electron chi connectivity index (χ3n) is 7.16. The third-order valence-corrected chi connectivity index (χ3v) is 8.33. The Labute approximate surface area is 211 Å². The summed E-state index contributed by atoms with van der Waals surface area (Å²) in [5.74, 6) is -0.0620. The van der Waals surface area contributed by atoms with Crippen LogP contribution in [0.3, 0.4) is 0 Å². The third kappa shape index (κ3) is 7.04. The van der Waals surface area contributed by atoms with Crippen molar-refractivity contribution in [3.05, 3.63) is 39.5 Å². The van der Waals surface area contributed by atoms with Gasteiger partial charge in [-0.2, -0.15) is 0 Å². The van der Waals surface area contributed by atoms with Gasteiger partial charge in [0.1, 0.15) is 16.3 Å². The summed E-state index contributed by atoms with van der Waals surface area (Å²) in [5, 5.41) is 20.9. The molecule has 5 heteroatoms. The Hall–Kier alpha value is -1.46. The smallest absolute Gasteiger partial charge is 0.349 e. The molecule has 0 fully saturated rings. The second-order valence-electron chi connectivity index (χ2n) is 11.0. The lowest BCUT2D eigenvalue weighted by Crippen LogP contribution is -2.45. The number of carbonyl (C=O) groups is 1. The Morgan fingerprint density at radius 1 is 1.12 bits per heavy atom. The number of rotatable bonds is 12. The molecule has 0 aliphatic carbocycles. The topological polar surface area (TPSA) is 66.8 Å². The summed E-state index contributed by atoms with van der Waals surface area (Å²) >= 11 is 1.30. The Bertz CT molecular complexity index is 868. The first-order chi connectivity index (χ1) is 16.0. The number of hydrogen-bond donors (Lipinski definition) is 2. The van der Waals surface area contributed by atoms with E-state index in [1.165, 1.54) is 31.0 Å². The van der Waals surface area contributed by atoms with Crippen LogP contribution in [0, 0.1) is 12.8 Å². The number of hydrogen-bond acceptors (Lipinski definition) is 5. The molecule has 1 aromatic carbocycles.